The van der Waals surface area contributed by atoms with Gasteiger partial charge in [-0.1, -0.05) is 11.6 Å². The van der Waals surface area contributed by atoms with Crippen LogP contribution in [-0.2, 0) is 0 Å². The van der Waals surface area contributed by atoms with Gasteiger partial charge in [0.25, 0.3) is 5.56 Å². The van der Waals surface area contributed by atoms with Crippen LogP contribution in [0.1, 0.15) is 39.7 Å². The maximum Gasteiger partial charge on any atom is 0.287 e. The third-order valence-corrected chi connectivity index (χ3v) is 2.91. The first-order valence-corrected chi connectivity index (χ1v) is 6.50. The van der Waals surface area contributed by atoms with Crippen molar-refractivity contribution in [1.29, 1.82) is 0 Å². The Bertz CT molecular complexity index is 443. The van der Waals surface area contributed by atoms with E-state index in [-0.39, 0.29) is 22.7 Å². The molecule has 0 aliphatic carbocycles. The summed E-state index contributed by atoms with van der Waals surface area (Å²) >= 11 is 6.00. The summed E-state index contributed by atoms with van der Waals surface area (Å²) in [5.41, 5.74) is 0.261. The molecule has 2 N–H and O–H groups in total. The number of anilines is 1. The second kappa shape index (κ2) is 6.75. The van der Waals surface area contributed by atoms with Crippen molar-refractivity contribution in [1.82, 2.24) is 9.78 Å². The van der Waals surface area contributed by atoms with Gasteiger partial charge in [-0.3, -0.25) is 4.79 Å². The highest BCUT2D eigenvalue weighted by molar-refractivity contribution is 6.32. The van der Waals surface area contributed by atoms with Gasteiger partial charge in [-0.15, -0.1) is 0 Å². The van der Waals surface area contributed by atoms with Crippen LogP contribution in [0, 0.1) is 0 Å². The minimum Gasteiger partial charge on any atom is -0.393 e. The molecule has 6 heteroatoms. The Morgan fingerprint density at radius 2 is 2.17 bits per heavy atom. The summed E-state index contributed by atoms with van der Waals surface area (Å²) in [6.45, 7) is 6.15. The van der Waals surface area contributed by atoms with Gasteiger partial charge in [0.15, 0.2) is 0 Å². The molecular weight excluding hydrogens is 254 g/mol. The summed E-state index contributed by atoms with van der Waals surface area (Å²) in [5, 5.41) is 16.4. The van der Waals surface area contributed by atoms with Crippen molar-refractivity contribution in [3.63, 3.8) is 0 Å². The monoisotopic (exact) mass is 273 g/mol. The molecule has 1 aromatic heterocycles. The highest BCUT2D eigenvalue weighted by Crippen LogP contribution is 2.16. The van der Waals surface area contributed by atoms with Crippen molar-refractivity contribution >= 4 is 17.3 Å². The lowest BCUT2D eigenvalue weighted by Crippen LogP contribution is -2.26. The number of nitrogens with zero attached hydrogens (tertiary/aromatic N) is 2. The standard InChI is InChI=1S/C12H20ClN3O2/c1-8(2)16-12(18)11(13)10(7-15-16)14-6-4-5-9(3)17/h7-9,14,17H,4-6H2,1-3H3. The minimum atomic E-state index is -0.311. The van der Waals surface area contributed by atoms with Gasteiger partial charge in [0.05, 0.1) is 24.0 Å². The molecule has 1 aromatic rings. The number of rotatable bonds is 6. The molecule has 18 heavy (non-hydrogen) atoms. The lowest BCUT2D eigenvalue weighted by atomic mass is 10.2. The molecule has 0 saturated heterocycles. The summed E-state index contributed by atoms with van der Waals surface area (Å²) in [4.78, 5) is 11.9. The fraction of sp³-hybridized carbons (Fsp3) is 0.667. The Morgan fingerprint density at radius 1 is 1.50 bits per heavy atom. The predicted molar refractivity (Wildman–Crippen MR) is 73.3 cm³/mol. The lowest BCUT2D eigenvalue weighted by molar-refractivity contribution is 0.183. The van der Waals surface area contributed by atoms with Crippen LogP contribution in [0.15, 0.2) is 11.0 Å². The number of nitrogens with one attached hydrogen (secondary N) is 1. The molecule has 5 nitrogen and oxygen atoms in total. The number of aliphatic hydroxyl groups is 1. The van der Waals surface area contributed by atoms with E-state index in [0.717, 1.165) is 6.42 Å². The van der Waals surface area contributed by atoms with Crippen molar-refractivity contribution < 1.29 is 5.11 Å². The van der Waals surface area contributed by atoms with Crippen molar-refractivity contribution in [2.75, 3.05) is 11.9 Å². The average molecular weight is 274 g/mol. The zero-order chi connectivity index (χ0) is 13.7. The van der Waals surface area contributed by atoms with Gasteiger partial charge in [-0.2, -0.15) is 5.10 Å². The summed E-state index contributed by atoms with van der Waals surface area (Å²) in [7, 11) is 0. The van der Waals surface area contributed by atoms with E-state index in [1.807, 2.05) is 13.8 Å². The van der Waals surface area contributed by atoms with Gasteiger partial charge >= 0.3 is 0 Å². The van der Waals surface area contributed by atoms with E-state index in [4.69, 9.17) is 16.7 Å². The highest BCUT2D eigenvalue weighted by Gasteiger charge is 2.10. The zero-order valence-corrected chi connectivity index (χ0v) is 11.7. The van der Waals surface area contributed by atoms with Crippen molar-refractivity contribution in [2.24, 2.45) is 0 Å². The van der Waals surface area contributed by atoms with Crippen LogP contribution in [0.25, 0.3) is 0 Å². The molecule has 1 rings (SSSR count). The van der Waals surface area contributed by atoms with E-state index < -0.39 is 0 Å². The first-order valence-electron chi connectivity index (χ1n) is 6.12. The van der Waals surface area contributed by atoms with Crippen LogP contribution < -0.4 is 10.9 Å². The highest BCUT2D eigenvalue weighted by atomic mass is 35.5. The summed E-state index contributed by atoms with van der Waals surface area (Å²) in [6, 6.07) is -0.0145. The maximum atomic E-state index is 11.9. The van der Waals surface area contributed by atoms with Gasteiger partial charge in [0.1, 0.15) is 5.02 Å². The Balaban J connectivity index is 2.68. The number of hydrogen-bond donors (Lipinski definition) is 2. The molecular formula is C12H20ClN3O2. The van der Waals surface area contributed by atoms with E-state index in [1.165, 1.54) is 4.68 Å². The van der Waals surface area contributed by atoms with Gasteiger partial charge in [-0.25, -0.2) is 4.68 Å². The van der Waals surface area contributed by atoms with Crippen LogP contribution in [-0.4, -0.2) is 27.5 Å². The summed E-state index contributed by atoms with van der Waals surface area (Å²) in [5.74, 6) is 0. The molecule has 1 heterocycles. The smallest absolute Gasteiger partial charge is 0.287 e. The van der Waals surface area contributed by atoms with Crippen LogP contribution in [0.3, 0.4) is 0 Å². The minimum absolute atomic E-state index is 0.0145. The van der Waals surface area contributed by atoms with Gasteiger partial charge in [-0.05, 0) is 33.6 Å². The van der Waals surface area contributed by atoms with E-state index in [2.05, 4.69) is 10.4 Å². The van der Waals surface area contributed by atoms with E-state index in [9.17, 15) is 4.79 Å². The largest absolute Gasteiger partial charge is 0.393 e. The molecule has 0 spiro atoms. The molecule has 102 valence electrons. The molecule has 0 saturated carbocycles. The Labute approximate surface area is 112 Å². The van der Waals surface area contributed by atoms with Gasteiger partial charge in [0.2, 0.25) is 0 Å². The quantitative estimate of drug-likeness (QED) is 0.779. The van der Waals surface area contributed by atoms with Crippen molar-refractivity contribution in [3.8, 4) is 0 Å². The van der Waals surface area contributed by atoms with Crippen LogP contribution >= 0.6 is 11.6 Å². The lowest BCUT2D eigenvalue weighted by Gasteiger charge is -2.12. The fourth-order valence-corrected chi connectivity index (χ4v) is 1.76. The normalized spacial score (nSPS) is 12.8. The molecule has 1 unspecified atom stereocenters. The number of halogens is 1. The maximum absolute atomic E-state index is 11.9. The molecule has 1 atom stereocenters. The Hall–Kier alpha value is -1.07. The second-order valence-corrected chi connectivity index (χ2v) is 5.01. The third-order valence-electron chi connectivity index (χ3n) is 2.55. The van der Waals surface area contributed by atoms with E-state index >= 15 is 0 Å². The molecule has 0 fully saturated rings. The second-order valence-electron chi connectivity index (χ2n) is 4.63. The Kier molecular flexibility index (Phi) is 5.62. The first kappa shape index (κ1) is 15.0. The Morgan fingerprint density at radius 3 is 2.72 bits per heavy atom. The van der Waals surface area contributed by atoms with Crippen molar-refractivity contribution in [2.45, 2.75) is 45.8 Å². The fourth-order valence-electron chi connectivity index (χ4n) is 1.56. The molecule has 0 radical (unpaired) electrons. The predicted octanol–water partition coefficient (Wildman–Crippen LogP) is 2.05. The summed E-state index contributed by atoms with van der Waals surface area (Å²) < 4.78 is 1.35. The SMILES string of the molecule is CC(O)CCCNc1cnn(C(C)C)c(=O)c1Cl. The molecule has 0 aromatic carbocycles. The number of aliphatic hydroxyl groups excluding tert-OH is 1. The zero-order valence-electron chi connectivity index (χ0n) is 11.0. The van der Waals surface area contributed by atoms with Crippen molar-refractivity contribution in [3.05, 3.63) is 21.6 Å². The molecule has 0 aliphatic heterocycles. The third kappa shape index (κ3) is 3.99. The number of aromatic nitrogens is 2. The first-order chi connectivity index (χ1) is 8.43. The van der Waals surface area contributed by atoms with Crippen LogP contribution in [0.4, 0.5) is 5.69 Å². The van der Waals surface area contributed by atoms with Crippen LogP contribution in [0.2, 0.25) is 5.02 Å². The molecule has 0 aliphatic rings. The molecule has 0 amide bonds. The average Bonchev–Trinajstić information content (AvgIpc) is 2.29. The topological polar surface area (TPSA) is 67.2 Å². The number of hydrogen-bond acceptors (Lipinski definition) is 4. The van der Waals surface area contributed by atoms with E-state index in [0.29, 0.717) is 18.7 Å². The van der Waals surface area contributed by atoms with Gasteiger partial charge in [0, 0.05) is 6.54 Å². The van der Waals surface area contributed by atoms with Crippen LogP contribution in [0.5, 0.6) is 0 Å². The van der Waals surface area contributed by atoms with Gasteiger partial charge < -0.3 is 10.4 Å². The molecule has 0 bridgehead atoms. The van der Waals surface area contributed by atoms with E-state index in [1.54, 1.807) is 13.1 Å². The summed E-state index contributed by atoms with van der Waals surface area (Å²) in [6.07, 6.45) is 2.77.